The van der Waals surface area contributed by atoms with Crippen molar-refractivity contribution in [2.75, 3.05) is 38.6 Å². The first kappa shape index (κ1) is 17.0. The van der Waals surface area contributed by atoms with Crippen LogP contribution in [0, 0.1) is 0 Å². The molecule has 1 unspecified atom stereocenters. The second-order valence-electron chi connectivity index (χ2n) is 5.79. The minimum Gasteiger partial charge on any atom is -0.370 e. The molecule has 1 aromatic carbocycles. The van der Waals surface area contributed by atoms with E-state index in [1.165, 1.54) is 17.7 Å². The lowest BCUT2D eigenvalue weighted by molar-refractivity contribution is 0.412. The molecule has 3 nitrogen and oxygen atoms in total. The number of anilines is 1. The van der Waals surface area contributed by atoms with Crippen molar-refractivity contribution in [2.24, 2.45) is 5.73 Å². The third-order valence-corrected chi connectivity index (χ3v) is 3.65. The van der Waals surface area contributed by atoms with Crippen LogP contribution in [0.1, 0.15) is 32.3 Å². The monoisotopic (exact) mass is 277 g/mol. The van der Waals surface area contributed by atoms with E-state index in [1.807, 2.05) is 0 Å². The summed E-state index contributed by atoms with van der Waals surface area (Å²) in [6.07, 6.45) is 3.16. The second kappa shape index (κ2) is 8.98. The van der Waals surface area contributed by atoms with Crippen molar-refractivity contribution in [3.63, 3.8) is 0 Å². The zero-order chi connectivity index (χ0) is 15.0. The summed E-state index contributed by atoms with van der Waals surface area (Å²) in [5.74, 6) is 0. The van der Waals surface area contributed by atoms with E-state index < -0.39 is 0 Å². The number of hydrogen-bond donors (Lipinski definition) is 1. The molecule has 0 aromatic heterocycles. The summed E-state index contributed by atoms with van der Waals surface area (Å²) in [4.78, 5) is 4.74. The van der Waals surface area contributed by atoms with Crippen molar-refractivity contribution in [3.8, 4) is 0 Å². The van der Waals surface area contributed by atoms with Gasteiger partial charge in [-0.2, -0.15) is 0 Å². The van der Waals surface area contributed by atoms with E-state index >= 15 is 0 Å². The predicted molar refractivity (Wildman–Crippen MR) is 89.5 cm³/mol. The number of nitrogens with two attached hydrogens (primary N) is 1. The van der Waals surface area contributed by atoms with Gasteiger partial charge in [0.15, 0.2) is 0 Å². The van der Waals surface area contributed by atoms with Gasteiger partial charge in [0.2, 0.25) is 0 Å². The Morgan fingerprint density at radius 2 is 1.75 bits per heavy atom. The van der Waals surface area contributed by atoms with E-state index in [0.29, 0.717) is 0 Å². The van der Waals surface area contributed by atoms with Gasteiger partial charge >= 0.3 is 0 Å². The molecule has 1 atom stereocenters. The maximum Gasteiger partial charge on any atom is 0.0399 e. The van der Waals surface area contributed by atoms with Crippen LogP contribution in [0.2, 0.25) is 0 Å². The zero-order valence-corrected chi connectivity index (χ0v) is 13.6. The Hall–Kier alpha value is -1.06. The maximum absolute atomic E-state index is 6.14. The largest absolute Gasteiger partial charge is 0.370 e. The summed E-state index contributed by atoms with van der Waals surface area (Å²) in [5, 5.41) is 0. The van der Waals surface area contributed by atoms with E-state index in [4.69, 9.17) is 5.73 Å². The van der Waals surface area contributed by atoms with Crippen molar-refractivity contribution in [1.29, 1.82) is 0 Å². The quantitative estimate of drug-likeness (QED) is 0.753. The summed E-state index contributed by atoms with van der Waals surface area (Å²) in [7, 11) is 4.26. The van der Waals surface area contributed by atoms with E-state index in [-0.39, 0.29) is 6.04 Å². The van der Waals surface area contributed by atoms with Crippen LogP contribution in [-0.4, -0.2) is 44.7 Å². The number of nitrogens with zero attached hydrogens (tertiary/aromatic N) is 2. The van der Waals surface area contributed by atoms with Crippen LogP contribution in [0.3, 0.4) is 0 Å². The maximum atomic E-state index is 6.14. The van der Waals surface area contributed by atoms with Gasteiger partial charge in [-0.05, 0) is 45.0 Å². The molecule has 0 aliphatic heterocycles. The Bertz CT molecular complexity index is 376. The van der Waals surface area contributed by atoms with Gasteiger partial charge in [-0.3, -0.25) is 0 Å². The third-order valence-electron chi connectivity index (χ3n) is 3.65. The molecule has 0 spiro atoms. The standard InChI is InChI=1S/C17H31N3/c1-5-11-20(13-12-19(3)4)17-10-8-7-9-15(17)14-16(18)6-2/h7-10,16H,5-6,11-14,18H2,1-4H3. The van der Waals surface area contributed by atoms with E-state index in [1.54, 1.807) is 0 Å². The highest BCUT2D eigenvalue weighted by Crippen LogP contribution is 2.22. The fourth-order valence-electron chi connectivity index (χ4n) is 2.36. The summed E-state index contributed by atoms with van der Waals surface area (Å²) in [5.41, 5.74) is 8.89. The summed E-state index contributed by atoms with van der Waals surface area (Å²) >= 11 is 0. The summed E-state index contributed by atoms with van der Waals surface area (Å²) < 4.78 is 0. The Kier molecular flexibility index (Phi) is 7.63. The van der Waals surface area contributed by atoms with Gasteiger partial charge in [0.25, 0.3) is 0 Å². The van der Waals surface area contributed by atoms with Crippen LogP contribution in [0.5, 0.6) is 0 Å². The highest BCUT2D eigenvalue weighted by atomic mass is 15.2. The van der Waals surface area contributed by atoms with E-state index in [0.717, 1.165) is 32.5 Å². The predicted octanol–water partition coefficient (Wildman–Crippen LogP) is 2.74. The fourth-order valence-corrected chi connectivity index (χ4v) is 2.36. The lowest BCUT2D eigenvalue weighted by Gasteiger charge is -2.28. The molecule has 0 saturated heterocycles. The first-order valence-corrected chi connectivity index (χ1v) is 7.81. The molecule has 0 fully saturated rings. The number of rotatable bonds is 9. The highest BCUT2D eigenvalue weighted by Gasteiger charge is 2.12. The van der Waals surface area contributed by atoms with Crippen LogP contribution >= 0.6 is 0 Å². The average molecular weight is 277 g/mol. The molecule has 0 aliphatic carbocycles. The molecule has 1 rings (SSSR count). The lowest BCUT2D eigenvalue weighted by atomic mass is 10.0. The van der Waals surface area contributed by atoms with Crippen molar-refractivity contribution in [2.45, 2.75) is 39.2 Å². The number of hydrogen-bond acceptors (Lipinski definition) is 3. The normalized spacial score (nSPS) is 12.7. The zero-order valence-electron chi connectivity index (χ0n) is 13.6. The Balaban J connectivity index is 2.88. The second-order valence-corrected chi connectivity index (χ2v) is 5.79. The molecular formula is C17H31N3. The molecule has 20 heavy (non-hydrogen) atoms. The van der Waals surface area contributed by atoms with Crippen LogP contribution in [-0.2, 0) is 6.42 Å². The summed E-state index contributed by atoms with van der Waals surface area (Å²) in [6.45, 7) is 7.64. The van der Waals surface area contributed by atoms with Gasteiger partial charge in [-0.1, -0.05) is 32.0 Å². The van der Waals surface area contributed by atoms with E-state index in [9.17, 15) is 0 Å². The highest BCUT2D eigenvalue weighted by molar-refractivity contribution is 5.54. The van der Waals surface area contributed by atoms with Crippen LogP contribution in [0.4, 0.5) is 5.69 Å². The molecule has 1 aromatic rings. The molecule has 0 radical (unpaired) electrons. The number of likely N-dealkylation sites (N-methyl/N-ethyl adjacent to an activating group) is 1. The minimum absolute atomic E-state index is 0.258. The first-order valence-electron chi connectivity index (χ1n) is 7.81. The van der Waals surface area contributed by atoms with Gasteiger partial charge in [-0.15, -0.1) is 0 Å². The van der Waals surface area contributed by atoms with Crippen LogP contribution in [0.15, 0.2) is 24.3 Å². The number of para-hydroxylation sites is 1. The van der Waals surface area contributed by atoms with Crippen molar-refractivity contribution in [3.05, 3.63) is 29.8 Å². The molecule has 0 amide bonds. The molecule has 3 heteroatoms. The Morgan fingerprint density at radius 3 is 2.35 bits per heavy atom. The Morgan fingerprint density at radius 1 is 1.05 bits per heavy atom. The molecule has 0 bridgehead atoms. The van der Waals surface area contributed by atoms with Gasteiger partial charge in [0.1, 0.15) is 0 Å². The molecule has 114 valence electrons. The topological polar surface area (TPSA) is 32.5 Å². The molecular weight excluding hydrogens is 246 g/mol. The first-order chi connectivity index (χ1) is 9.58. The van der Waals surface area contributed by atoms with E-state index in [2.05, 4.69) is 62.0 Å². The fraction of sp³-hybridized carbons (Fsp3) is 0.647. The summed E-state index contributed by atoms with van der Waals surface area (Å²) in [6, 6.07) is 8.98. The molecule has 0 aliphatic rings. The van der Waals surface area contributed by atoms with Crippen molar-refractivity contribution < 1.29 is 0 Å². The van der Waals surface area contributed by atoms with Gasteiger partial charge in [0, 0.05) is 31.4 Å². The van der Waals surface area contributed by atoms with Gasteiger partial charge in [0.05, 0.1) is 0 Å². The molecule has 2 N–H and O–H groups in total. The molecule has 0 saturated carbocycles. The third kappa shape index (κ3) is 5.51. The van der Waals surface area contributed by atoms with Crippen LogP contribution < -0.4 is 10.6 Å². The van der Waals surface area contributed by atoms with Crippen molar-refractivity contribution >= 4 is 5.69 Å². The van der Waals surface area contributed by atoms with Gasteiger partial charge in [-0.25, -0.2) is 0 Å². The van der Waals surface area contributed by atoms with Gasteiger partial charge < -0.3 is 15.5 Å². The smallest absolute Gasteiger partial charge is 0.0399 e. The van der Waals surface area contributed by atoms with Crippen molar-refractivity contribution in [1.82, 2.24) is 4.90 Å². The SMILES string of the molecule is CCCN(CCN(C)C)c1ccccc1CC(N)CC. The lowest BCUT2D eigenvalue weighted by Crippen LogP contribution is -2.33. The number of benzene rings is 1. The van der Waals surface area contributed by atoms with Crippen LogP contribution in [0.25, 0.3) is 0 Å². The average Bonchev–Trinajstić information content (AvgIpc) is 2.44. The Labute approximate surface area is 124 Å². The minimum atomic E-state index is 0.258. The molecule has 0 heterocycles.